The largest absolute Gasteiger partial charge is 0.306 e. The van der Waals surface area contributed by atoms with E-state index in [1.807, 2.05) is 24.3 Å². The Morgan fingerprint density at radius 2 is 1.43 bits per heavy atom. The molecule has 4 heteroatoms. The first-order valence-corrected chi connectivity index (χ1v) is 8.03. The van der Waals surface area contributed by atoms with Gasteiger partial charge < -0.3 is 5.32 Å². The summed E-state index contributed by atoms with van der Waals surface area (Å²) < 4.78 is 0. The molecule has 0 aliphatic rings. The number of hydrogen-bond acceptors (Lipinski definition) is 1. The van der Waals surface area contributed by atoms with Gasteiger partial charge in [-0.05, 0) is 47.4 Å². The van der Waals surface area contributed by atoms with Gasteiger partial charge >= 0.3 is 0 Å². The summed E-state index contributed by atoms with van der Waals surface area (Å²) in [5.41, 5.74) is 2.30. The lowest BCUT2D eigenvalue weighted by molar-refractivity contribution is 0.410. The number of halogens is 3. The maximum atomic E-state index is 6.04. The highest BCUT2D eigenvalue weighted by Gasteiger charge is 2.15. The van der Waals surface area contributed by atoms with Gasteiger partial charge in [0.1, 0.15) is 0 Å². The maximum absolute atomic E-state index is 6.04. The predicted octanol–water partition coefficient (Wildman–Crippen LogP) is 6.13. The van der Waals surface area contributed by atoms with Crippen molar-refractivity contribution < 1.29 is 0 Å². The van der Waals surface area contributed by atoms with Crippen LogP contribution in [0.5, 0.6) is 0 Å². The summed E-state index contributed by atoms with van der Waals surface area (Å²) in [5.74, 6) is 0.459. The molecule has 1 atom stereocenters. The van der Waals surface area contributed by atoms with Crippen molar-refractivity contribution in [2.24, 2.45) is 5.92 Å². The highest BCUT2D eigenvalue weighted by atomic mass is 35.5. The van der Waals surface area contributed by atoms with E-state index in [0.29, 0.717) is 22.5 Å². The fraction of sp³-hybridized carbons (Fsp3) is 0.294. The molecular weight excluding hydrogens is 325 g/mol. The van der Waals surface area contributed by atoms with E-state index in [1.165, 1.54) is 5.56 Å². The highest BCUT2D eigenvalue weighted by molar-refractivity contribution is 6.34. The van der Waals surface area contributed by atoms with Crippen LogP contribution in [0.25, 0.3) is 0 Å². The third-order valence-electron chi connectivity index (χ3n) is 3.34. The molecule has 0 bridgehead atoms. The molecule has 0 radical (unpaired) electrons. The van der Waals surface area contributed by atoms with Crippen molar-refractivity contribution >= 4 is 34.8 Å². The lowest BCUT2D eigenvalue weighted by atomic mass is 9.96. The smallest absolute Gasteiger partial charge is 0.0424 e. The van der Waals surface area contributed by atoms with Gasteiger partial charge in [-0.1, -0.05) is 60.8 Å². The van der Waals surface area contributed by atoms with Crippen LogP contribution in [-0.4, -0.2) is 0 Å². The maximum Gasteiger partial charge on any atom is 0.0424 e. The van der Waals surface area contributed by atoms with Crippen LogP contribution in [-0.2, 0) is 6.54 Å². The van der Waals surface area contributed by atoms with Gasteiger partial charge in [-0.15, -0.1) is 0 Å². The van der Waals surface area contributed by atoms with Gasteiger partial charge in [0, 0.05) is 27.7 Å². The van der Waals surface area contributed by atoms with Gasteiger partial charge in [0.15, 0.2) is 0 Å². The fourth-order valence-corrected chi connectivity index (χ4v) is 3.05. The number of hydrogen-bond donors (Lipinski definition) is 1. The molecule has 1 nitrogen and oxygen atoms in total. The number of nitrogens with one attached hydrogen (secondary N) is 1. The minimum atomic E-state index is 0.250. The zero-order valence-corrected chi connectivity index (χ0v) is 14.3. The van der Waals surface area contributed by atoms with Crippen molar-refractivity contribution in [3.05, 3.63) is 68.7 Å². The molecule has 0 heterocycles. The van der Waals surface area contributed by atoms with Crippen molar-refractivity contribution in [3.8, 4) is 0 Å². The van der Waals surface area contributed by atoms with E-state index in [1.54, 1.807) is 6.07 Å². The molecule has 1 N–H and O–H groups in total. The van der Waals surface area contributed by atoms with Gasteiger partial charge in [-0.3, -0.25) is 0 Å². The van der Waals surface area contributed by atoms with E-state index in [-0.39, 0.29) is 6.04 Å². The molecule has 0 saturated carbocycles. The average molecular weight is 343 g/mol. The third-order valence-corrected chi connectivity index (χ3v) is 4.03. The Kier molecular flexibility index (Phi) is 5.95. The molecule has 0 fully saturated rings. The second kappa shape index (κ2) is 7.51. The zero-order valence-electron chi connectivity index (χ0n) is 12.0. The standard InChI is InChI=1S/C17H18Cl3N/c1-11(2)17(13-3-5-14(18)6-4-13)21-10-12-7-15(19)9-16(20)8-12/h3-9,11,17,21H,10H2,1-2H3. The zero-order chi connectivity index (χ0) is 15.4. The molecule has 0 aliphatic carbocycles. The molecular formula is C17H18Cl3N. The van der Waals surface area contributed by atoms with Gasteiger partial charge in [0.25, 0.3) is 0 Å². The summed E-state index contributed by atoms with van der Waals surface area (Å²) in [6.07, 6.45) is 0. The lowest BCUT2D eigenvalue weighted by Gasteiger charge is -2.23. The quantitative estimate of drug-likeness (QED) is 0.688. The van der Waals surface area contributed by atoms with E-state index in [9.17, 15) is 0 Å². The van der Waals surface area contributed by atoms with Crippen LogP contribution >= 0.6 is 34.8 Å². The first-order valence-electron chi connectivity index (χ1n) is 6.89. The molecule has 1 unspecified atom stereocenters. The molecule has 0 spiro atoms. The van der Waals surface area contributed by atoms with E-state index in [4.69, 9.17) is 34.8 Å². The third kappa shape index (κ3) is 4.89. The molecule has 112 valence electrons. The molecule has 0 amide bonds. The summed E-state index contributed by atoms with van der Waals surface area (Å²) in [6, 6.07) is 13.8. The topological polar surface area (TPSA) is 12.0 Å². The monoisotopic (exact) mass is 341 g/mol. The highest BCUT2D eigenvalue weighted by Crippen LogP contribution is 2.25. The Labute approximate surface area is 141 Å². The van der Waals surface area contributed by atoms with Crippen LogP contribution in [0.2, 0.25) is 15.1 Å². The Morgan fingerprint density at radius 1 is 0.857 bits per heavy atom. The molecule has 21 heavy (non-hydrogen) atoms. The minimum absolute atomic E-state index is 0.250. The molecule has 0 aliphatic heterocycles. The summed E-state index contributed by atoms with van der Waals surface area (Å²) in [4.78, 5) is 0. The van der Waals surface area contributed by atoms with Gasteiger partial charge in [-0.25, -0.2) is 0 Å². The van der Waals surface area contributed by atoms with Gasteiger partial charge in [0.05, 0.1) is 0 Å². The van der Waals surface area contributed by atoms with Crippen molar-refractivity contribution in [1.29, 1.82) is 0 Å². The molecule has 0 aromatic heterocycles. The van der Waals surface area contributed by atoms with E-state index >= 15 is 0 Å². The van der Waals surface area contributed by atoms with Crippen molar-refractivity contribution in [2.75, 3.05) is 0 Å². The van der Waals surface area contributed by atoms with Gasteiger partial charge in [0.2, 0.25) is 0 Å². The number of rotatable bonds is 5. The fourth-order valence-electron chi connectivity index (χ4n) is 2.35. The first-order chi connectivity index (χ1) is 9.95. The van der Waals surface area contributed by atoms with E-state index < -0.39 is 0 Å². The molecule has 2 aromatic rings. The van der Waals surface area contributed by atoms with Crippen LogP contribution in [0.1, 0.15) is 31.0 Å². The summed E-state index contributed by atoms with van der Waals surface area (Å²) in [6.45, 7) is 5.10. The molecule has 2 aromatic carbocycles. The van der Waals surface area contributed by atoms with Crippen molar-refractivity contribution in [2.45, 2.75) is 26.4 Å². The SMILES string of the molecule is CC(C)C(NCc1cc(Cl)cc(Cl)c1)c1ccc(Cl)cc1. The van der Waals surface area contributed by atoms with Crippen LogP contribution in [0.3, 0.4) is 0 Å². The summed E-state index contributed by atoms with van der Waals surface area (Å²) in [7, 11) is 0. The van der Waals surface area contributed by atoms with Crippen LogP contribution in [0.15, 0.2) is 42.5 Å². The van der Waals surface area contributed by atoms with E-state index in [0.717, 1.165) is 10.6 Å². The normalized spacial score (nSPS) is 12.7. The van der Waals surface area contributed by atoms with Crippen LogP contribution in [0, 0.1) is 5.92 Å². The van der Waals surface area contributed by atoms with Crippen LogP contribution < -0.4 is 5.32 Å². The Bertz CT molecular complexity index is 573. The first kappa shape index (κ1) is 16.6. The Hall–Kier alpha value is -0.730. The minimum Gasteiger partial charge on any atom is -0.306 e. The predicted molar refractivity (Wildman–Crippen MR) is 92.3 cm³/mol. The average Bonchev–Trinajstić information content (AvgIpc) is 2.39. The summed E-state index contributed by atoms with van der Waals surface area (Å²) >= 11 is 18.0. The van der Waals surface area contributed by atoms with Crippen molar-refractivity contribution in [3.63, 3.8) is 0 Å². The lowest BCUT2D eigenvalue weighted by Crippen LogP contribution is -2.25. The number of benzene rings is 2. The second-order valence-corrected chi connectivity index (χ2v) is 6.74. The molecule has 2 rings (SSSR count). The van der Waals surface area contributed by atoms with Crippen LogP contribution in [0.4, 0.5) is 0 Å². The summed E-state index contributed by atoms with van der Waals surface area (Å²) in [5, 5.41) is 5.64. The molecule has 0 saturated heterocycles. The van der Waals surface area contributed by atoms with Crippen molar-refractivity contribution in [1.82, 2.24) is 5.32 Å². The second-order valence-electron chi connectivity index (χ2n) is 5.43. The van der Waals surface area contributed by atoms with Gasteiger partial charge in [-0.2, -0.15) is 0 Å². The Morgan fingerprint density at radius 3 is 1.95 bits per heavy atom. The Balaban J connectivity index is 2.11. The van der Waals surface area contributed by atoms with E-state index in [2.05, 4.69) is 31.3 Å².